The largest absolute Gasteiger partial charge is 0.344 e. The van der Waals surface area contributed by atoms with E-state index in [9.17, 15) is 0 Å². The average molecular weight is 298 g/mol. The van der Waals surface area contributed by atoms with E-state index < -0.39 is 6.00 Å². The number of hydrogen-bond acceptors (Lipinski definition) is 0. The van der Waals surface area contributed by atoms with Crippen LogP contribution in [0.15, 0.2) is 0 Å². The standard InChI is InChI=1S/C12H19Cl3Si/c1-7(16(13,14)15)12-10-3-8-2-9(5-10)6-11(12)4-8/h7-12H,2-6H2,1H3. The van der Waals surface area contributed by atoms with Crippen LogP contribution in [0.4, 0.5) is 0 Å². The van der Waals surface area contributed by atoms with E-state index in [0.29, 0.717) is 5.54 Å². The van der Waals surface area contributed by atoms with E-state index in [1.807, 2.05) is 0 Å². The van der Waals surface area contributed by atoms with Crippen molar-refractivity contribution in [2.45, 2.75) is 44.6 Å². The summed E-state index contributed by atoms with van der Waals surface area (Å²) < 4.78 is 0. The fourth-order valence-electron chi connectivity index (χ4n) is 5.00. The molecule has 0 aromatic carbocycles. The van der Waals surface area contributed by atoms with Crippen molar-refractivity contribution in [3.63, 3.8) is 0 Å². The molecule has 1 atom stereocenters. The van der Waals surface area contributed by atoms with E-state index in [1.165, 1.54) is 32.1 Å². The molecular weight excluding hydrogens is 279 g/mol. The molecule has 0 amide bonds. The summed E-state index contributed by atoms with van der Waals surface area (Å²) in [7, 11) is 0. The van der Waals surface area contributed by atoms with E-state index in [1.54, 1.807) is 0 Å². The lowest BCUT2D eigenvalue weighted by Crippen LogP contribution is -2.48. The van der Waals surface area contributed by atoms with Gasteiger partial charge in [-0.25, -0.2) is 0 Å². The maximum Gasteiger partial charge on any atom is 0.344 e. The van der Waals surface area contributed by atoms with Crippen molar-refractivity contribution in [1.29, 1.82) is 0 Å². The molecule has 0 aromatic heterocycles. The zero-order valence-electron chi connectivity index (χ0n) is 9.63. The number of halogens is 3. The van der Waals surface area contributed by atoms with Gasteiger partial charge in [-0.2, -0.15) is 0 Å². The second kappa shape index (κ2) is 4.04. The van der Waals surface area contributed by atoms with Crippen molar-refractivity contribution < 1.29 is 0 Å². The lowest BCUT2D eigenvalue weighted by atomic mass is 9.51. The summed E-state index contributed by atoms with van der Waals surface area (Å²) in [5.74, 6) is 4.53. The third-order valence-corrected chi connectivity index (χ3v) is 9.91. The maximum atomic E-state index is 6.25. The first-order valence-electron chi connectivity index (χ1n) is 6.52. The Morgan fingerprint density at radius 2 is 1.31 bits per heavy atom. The van der Waals surface area contributed by atoms with Gasteiger partial charge in [0.25, 0.3) is 0 Å². The van der Waals surface area contributed by atoms with Crippen molar-refractivity contribution >= 4 is 39.2 Å². The molecule has 0 radical (unpaired) electrons. The molecule has 0 saturated heterocycles. The molecule has 4 aliphatic carbocycles. The molecule has 0 aromatic rings. The predicted octanol–water partition coefficient (Wildman–Crippen LogP) is 5.10. The summed E-state index contributed by atoms with van der Waals surface area (Å²) >= 11 is 18.7. The van der Waals surface area contributed by atoms with Gasteiger partial charge in [-0.1, -0.05) is 6.92 Å². The van der Waals surface area contributed by atoms with E-state index in [0.717, 1.165) is 29.6 Å². The Balaban J connectivity index is 1.81. The van der Waals surface area contributed by atoms with Crippen molar-refractivity contribution in [2.75, 3.05) is 0 Å². The fraction of sp³-hybridized carbons (Fsp3) is 1.00. The van der Waals surface area contributed by atoms with Crippen LogP contribution in [0, 0.1) is 29.6 Å². The molecule has 4 saturated carbocycles. The first kappa shape index (κ1) is 12.1. The Hall–Kier alpha value is 1.09. The molecule has 4 rings (SSSR count). The van der Waals surface area contributed by atoms with Crippen LogP contribution in [-0.2, 0) is 0 Å². The second-order valence-electron chi connectivity index (χ2n) is 6.34. The van der Waals surface area contributed by atoms with E-state index in [4.69, 9.17) is 33.2 Å². The van der Waals surface area contributed by atoms with Gasteiger partial charge < -0.3 is 0 Å². The molecule has 92 valence electrons. The zero-order chi connectivity index (χ0) is 11.5. The Morgan fingerprint density at radius 1 is 0.875 bits per heavy atom. The highest BCUT2D eigenvalue weighted by Gasteiger charge is 2.53. The average Bonchev–Trinajstić information content (AvgIpc) is 2.13. The summed E-state index contributed by atoms with van der Waals surface area (Å²) in [6.07, 6.45) is 7.21. The van der Waals surface area contributed by atoms with Gasteiger partial charge in [0.05, 0.1) is 0 Å². The molecule has 4 aliphatic rings. The van der Waals surface area contributed by atoms with Crippen molar-refractivity contribution in [1.82, 2.24) is 0 Å². The van der Waals surface area contributed by atoms with Gasteiger partial charge in [0, 0.05) is 0 Å². The molecule has 4 heteroatoms. The van der Waals surface area contributed by atoms with Gasteiger partial charge in [0.1, 0.15) is 0 Å². The molecule has 0 nitrogen and oxygen atoms in total. The highest BCUT2D eigenvalue weighted by Crippen LogP contribution is 2.61. The topological polar surface area (TPSA) is 0 Å². The lowest BCUT2D eigenvalue weighted by molar-refractivity contribution is -0.0375. The smallest absolute Gasteiger partial charge is 0.126 e. The van der Waals surface area contributed by atoms with Gasteiger partial charge in [0.15, 0.2) is 0 Å². The van der Waals surface area contributed by atoms with Gasteiger partial charge in [-0.15, -0.1) is 33.2 Å². The summed E-state index contributed by atoms with van der Waals surface area (Å²) in [5.41, 5.74) is 0.354. The van der Waals surface area contributed by atoms with Crippen molar-refractivity contribution in [3.8, 4) is 0 Å². The first-order valence-corrected chi connectivity index (χ1v) is 11.6. The highest BCUT2D eigenvalue weighted by atomic mass is 35.8. The summed E-state index contributed by atoms with van der Waals surface area (Å²) in [5, 5.41) is 0. The zero-order valence-corrected chi connectivity index (χ0v) is 12.9. The minimum Gasteiger partial charge on any atom is -0.126 e. The third-order valence-electron chi connectivity index (χ3n) is 5.39. The van der Waals surface area contributed by atoms with E-state index in [-0.39, 0.29) is 0 Å². The van der Waals surface area contributed by atoms with Crippen LogP contribution in [-0.4, -0.2) is 6.00 Å². The molecule has 0 aliphatic heterocycles. The van der Waals surface area contributed by atoms with Crippen LogP contribution >= 0.6 is 33.2 Å². The minimum absolute atomic E-state index is 0.354. The Kier molecular flexibility index (Phi) is 3.07. The Bertz CT molecular complexity index is 258. The van der Waals surface area contributed by atoms with Crippen LogP contribution in [0.5, 0.6) is 0 Å². The van der Waals surface area contributed by atoms with Gasteiger partial charge in [-0.3, -0.25) is 0 Å². The predicted molar refractivity (Wildman–Crippen MR) is 73.3 cm³/mol. The quantitative estimate of drug-likeness (QED) is 0.491. The molecular formula is C12H19Cl3Si. The first-order chi connectivity index (χ1) is 7.45. The lowest BCUT2D eigenvalue weighted by Gasteiger charge is -2.56. The minimum atomic E-state index is -2.50. The molecule has 1 unspecified atom stereocenters. The normalized spacial score (nSPS) is 48.4. The van der Waals surface area contributed by atoms with Gasteiger partial charge in [-0.05, 0) is 67.2 Å². The van der Waals surface area contributed by atoms with Crippen LogP contribution in [0.1, 0.15) is 39.0 Å². The number of rotatable bonds is 2. The molecule has 4 bridgehead atoms. The van der Waals surface area contributed by atoms with Crippen molar-refractivity contribution in [3.05, 3.63) is 0 Å². The molecule has 16 heavy (non-hydrogen) atoms. The molecule has 0 spiro atoms. The molecule has 0 N–H and O–H groups in total. The van der Waals surface area contributed by atoms with E-state index in [2.05, 4.69) is 6.92 Å². The monoisotopic (exact) mass is 296 g/mol. The SMILES string of the molecule is CC(C1C2CC3CC(C2)CC1C3)[Si](Cl)(Cl)Cl. The number of hydrogen-bond donors (Lipinski definition) is 0. The third kappa shape index (κ3) is 1.96. The Labute approximate surface area is 113 Å². The maximum absolute atomic E-state index is 6.25. The molecule has 0 heterocycles. The van der Waals surface area contributed by atoms with Crippen LogP contribution in [0.25, 0.3) is 0 Å². The summed E-state index contributed by atoms with van der Waals surface area (Å²) in [6.45, 7) is 2.20. The van der Waals surface area contributed by atoms with Crippen LogP contribution < -0.4 is 0 Å². The van der Waals surface area contributed by atoms with E-state index >= 15 is 0 Å². The highest BCUT2D eigenvalue weighted by molar-refractivity contribution is 7.65. The fourth-order valence-corrected chi connectivity index (χ4v) is 7.29. The van der Waals surface area contributed by atoms with Crippen LogP contribution in [0.2, 0.25) is 5.54 Å². The van der Waals surface area contributed by atoms with Gasteiger partial charge >= 0.3 is 6.00 Å². The summed E-state index contributed by atoms with van der Waals surface area (Å²) in [6, 6.07) is -2.50. The second-order valence-corrected chi connectivity index (χ2v) is 15.4. The van der Waals surface area contributed by atoms with Gasteiger partial charge in [0.2, 0.25) is 0 Å². The molecule has 4 fully saturated rings. The Morgan fingerprint density at radius 3 is 1.69 bits per heavy atom. The van der Waals surface area contributed by atoms with Crippen molar-refractivity contribution in [2.24, 2.45) is 29.6 Å². The summed E-state index contributed by atoms with van der Waals surface area (Å²) in [4.78, 5) is 0. The van der Waals surface area contributed by atoms with Crippen LogP contribution in [0.3, 0.4) is 0 Å².